The number of nitrogens with one attached hydrogen (secondary N) is 1. The van der Waals surface area contributed by atoms with Gasteiger partial charge in [0.1, 0.15) is 6.17 Å². The van der Waals surface area contributed by atoms with Crippen LogP contribution in [-0.4, -0.2) is 11.9 Å². The van der Waals surface area contributed by atoms with Gasteiger partial charge < -0.3 is 5.32 Å². The lowest BCUT2D eigenvalue weighted by Gasteiger charge is -2.36. The van der Waals surface area contributed by atoms with Crippen molar-refractivity contribution in [3.05, 3.63) is 155 Å². The van der Waals surface area contributed by atoms with Gasteiger partial charge in [-0.1, -0.05) is 115 Å². The maximum Gasteiger partial charge on any atom is 0.144 e. The first kappa shape index (κ1) is 25.1. The lowest BCUT2D eigenvalue weighted by Crippen LogP contribution is -2.40. The molecule has 4 unspecified atom stereocenters. The van der Waals surface area contributed by atoms with E-state index in [1.165, 1.54) is 48.1 Å². The molecule has 7 rings (SSSR count). The summed E-state index contributed by atoms with van der Waals surface area (Å²) in [5.74, 6) is 1.11. The molecule has 4 atom stereocenters. The van der Waals surface area contributed by atoms with Crippen LogP contribution in [0.15, 0.2) is 154 Å². The third kappa shape index (κ3) is 4.92. The molecule has 1 heterocycles. The molecule has 40 heavy (non-hydrogen) atoms. The van der Waals surface area contributed by atoms with Crippen LogP contribution < -0.4 is 5.32 Å². The van der Waals surface area contributed by atoms with Crippen LogP contribution in [0, 0.1) is 17.8 Å². The zero-order chi connectivity index (χ0) is 26.7. The highest BCUT2D eigenvalue weighted by Crippen LogP contribution is 2.40. The molecular formula is C38H38N2. The molecule has 1 N–H and O–H groups in total. The van der Waals surface area contributed by atoms with Crippen LogP contribution >= 0.6 is 0 Å². The number of allylic oxidation sites excluding steroid dienone is 17. The van der Waals surface area contributed by atoms with Crippen LogP contribution in [0.2, 0.25) is 0 Å². The summed E-state index contributed by atoms with van der Waals surface area (Å²) in [6.45, 7) is 0. The molecule has 1 aliphatic heterocycles. The average Bonchev–Trinajstić information content (AvgIpc) is 3.05. The molecule has 2 heteroatoms. The van der Waals surface area contributed by atoms with Gasteiger partial charge in [-0.05, 0) is 67.2 Å². The number of hydrogen-bond donors (Lipinski definition) is 1. The van der Waals surface area contributed by atoms with Gasteiger partial charge in [-0.15, -0.1) is 0 Å². The maximum absolute atomic E-state index is 5.48. The van der Waals surface area contributed by atoms with E-state index in [4.69, 9.17) is 4.99 Å². The quantitative estimate of drug-likeness (QED) is 0.411. The maximum atomic E-state index is 5.48. The SMILES string of the molecule is C1=CCC(C2=C(C3C=CC=CC3)C(c3ccccc3)=NC(C3=CCC(C4=CCCC5=C4CCC=C5)C=C3)N2)C=C1. The third-order valence-electron chi connectivity index (χ3n) is 9.08. The molecule has 0 saturated carbocycles. The van der Waals surface area contributed by atoms with E-state index in [0.717, 1.165) is 25.0 Å². The molecule has 0 amide bonds. The van der Waals surface area contributed by atoms with Crippen molar-refractivity contribution < 1.29 is 0 Å². The van der Waals surface area contributed by atoms with E-state index in [9.17, 15) is 0 Å². The van der Waals surface area contributed by atoms with Crippen molar-refractivity contribution in [2.75, 3.05) is 0 Å². The molecular weight excluding hydrogens is 484 g/mol. The predicted molar refractivity (Wildman–Crippen MR) is 168 cm³/mol. The van der Waals surface area contributed by atoms with Crippen molar-refractivity contribution in [1.82, 2.24) is 5.32 Å². The van der Waals surface area contributed by atoms with E-state index in [0.29, 0.717) is 17.8 Å². The predicted octanol–water partition coefficient (Wildman–Crippen LogP) is 8.79. The molecule has 200 valence electrons. The number of rotatable bonds is 5. The Morgan fingerprint density at radius 3 is 2.27 bits per heavy atom. The highest BCUT2D eigenvalue weighted by Gasteiger charge is 2.33. The van der Waals surface area contributed by atoms with Crippen molar-refractivity contribution in [1.29, 1.82) is 0 Å². The number of aliphatic imine (C=N–C) groups is 1. The van der Waals surface area contributed by atoms with Crippen LogP contribution in [0.1, 0.15) is 50.5 Å². The zero-order valence-corrected chi connectivity index (χ0v) is 23.2. The lowest BCUT2D eigenvalue weighted by molar-refractivity contribution is 0.563. The topological polar surface area (TPSA) is 24.4 Å². The lowest BCUT2D eigenvalue weighted by atomic mass is 9.77. The van der Waals surface area contributed by atoms with Crippen molar-refractivity contribution >= 4 is 5.71 Å². The van der Waals surface area contributed by atoms with Gasteiger partial charge in [0.2, 0.25) is 0 Å². The van der Waals surface area contributed by atoms with Crippen LogP contribution in [0.25, 0.3) is 0 Å². The molecule has 0 spiro atoms. The molecule has 1 aromatic rings. The molecule has 2 nitrogen and oxygen atoms in total. The minimum absolute atomic E-state index is 0.0821. The van der Waals surface area contributed by atoms with Crippen LogP contribution in [0.5, 0.6) is 0 Å². The second kappa shape index (κ2) is 11.3. The van der Waals surface area contributed by atoms with Gasteiger partial charge in [0, 0.05) is 34.6 Å². The van der Waals surface area contributed by atoms with E-state index in [1.807, 2.05) is 0 Å². The van der Waals surface area contributed by atoms with Gasteiger partial charge in [0.15, 0.2) is 0 Å². The molecule has 0 saturated heterocycles. The Morgan fingerprint density at radius 1 is 0.700 bits per heavy atom. The first-order valence-electron chi connectivity index (χ1n) is 15.1. The van der Waals surface area contributed by atoms with Crippen LogP contribution in [0.3, 0.4) is 0 Å². The summed E-state index contributed by atoms with van der Waals surface area (Å²) in [6, 6.07) is 10.8. The summed E-state index contributed by atoms with van der Waals surface area (Å²) < 4.78 is 0. The Kier molecular flexibility index (Phi) is 7.08. The normalized spacial score (nSPS) is 29.1. The van der Waals surface area contributed by atoms with Gasteiger partial charge in [0.05, 0.1) is 5.71 Å². The fourth-order valence-electron chi connectivity index (χ4n) is 7.07. The highest BCUT2D eigenvalue weighted by molar-refractivity contribution is 6.14. The molecule has 5 aliphatic carbocycles. The Labute approximate surface area is 239 Å². The van der Waals surface area contributed by atoms with E-state index in [1.54, 1.807) is 16.7 Å². The van der Waals surface area contributed by atoms with Gasteiger partial charge >= 0.3 is 0 Å². The Hall–Kier alpha value is -3.91. The summed E-state index contributed by atoms with van der Waals surface area (Å²) in [6.07, 6.45) is 40.2. The second-order valence-electron chi connectivity index (χ2n) is 11.6. The highest BCUT2D eigenvalue weighted by atomic mass is 15.1. The summed E-state index contributed by atoms with van der Waals surface area (Å²) >= 11 is 0. The van der Waals surface area contributed by atoms with Crippen molar-refractivity contribution in [2.24, 2.45) is 22.7 Å². The van der Waals surface area contributed by atoms with E-state index in [2.05, 4.69) is 121 Å². The number of nitrogens with zero attached hydrogens (tertiary/aromatic N) is 1. The monoisotopic (exact) mass is 522 g/mol. The summed E-state index contributed by atoms with van der Waals surface area (Å²) in [4.78, 5) is 5.48. The average molecular weight is 523 g/mol. The molecule has 0 radical (unpaired) electrons. The van der Waals surface area contributed by atoms with E-state index < -0.39 is 0 Å². The Morgan fingerprint density at radius 2 is 1.52 bits per heavy atom. The van der Waals surface area contributed by atoms with Crippen LogP contribution in [-0.2, 0) is 0 Å². The zero-order valence-electron chi connectivity index (χ0n) is 23.2. The molecule has 0 fully saturated rings. The summed E-state index contributed by atoms with van der Waals surface area (Å²) in [5, 5.41) is 3.98. The van der Waals surface area contributed by atoms with Crippen molar-refractivity contribution in [3.63, 3.8) is 0 Å². The minimum atomic E-state index is -0.0821. The first-order valence-corrected chi connectivity index (χ1v) is 15.1. The fourth-order valence-corrected chi connectivity index (χ4v) is 7.07. The number of benzene rings is 1. The molecule has 0 aromatic heterocycles. The largest absolute Gasteiger partial charge is 0.363 e. The fraction of sp³-hybridized carbons (Fsp3) is 0.289. The summed E-state index contributed by atoms with van der Waals surface area (Å²) in [7, 11) is 0. The van der Waals surface area contributed by atoms with Crippen molar-refractivity contribution in [2.45, 2.75) is 51.1 Å². The standard InChI is InChI=1S/C38H38N2/c1-4-14-29(15-5-1)35-36(30-16-6-2-7-17-30)39-38(40-37(35)31-18-8-3-9-19-31)32-25-23-28(24-26-32)34-22-12-20-27-13-10-11-21-33(27)34/h1-10,13-14,16-18,22-23,25-26,28-29,31,38,40H,11-12,15,19-21,24H2. The Bertz CT molecular complexity index is 1500. The van der Waals surface area contributed by atoms with Gasteiger partial charge in [-0.3, -0.25) is 4.99 Å². The van der Waals surface area contributed by atoms with Gasteiger partial charge in [-0.25, -0.2) is 0 Å². The summed E-state index contributed by atoms with van der Waals surface area (Å²) in [5.41, 5.74) is 11.1. The van der Waals surface area contributed by atoms with Crippen molar-refractivity contribution in [3.8, 4) is 0 Å². The molecule has 1 aromatic carbocycles. The van der Waals surface area contributed by atoms with E-state index in [-0.39, 0.29) is 6.17 Å². The number of hydrogen-bond acceptors (Lipinski definition) is 2. The first-order chi connectivity index (χ1) is 19.8. The van der Waals surface area contributed by atoms with Crippen LogP contribution in [0.4, 0.5) is 0 Å². The van der Waals surface area contributed by atoms with E-state index >= 15 is 0 Å². The van der Waals surface area contributed by atoms with Gasteiger partial charge in [-0.2, -0.15) is 0 Å². The van der Waals surface area contributed by atoms with Gasteiger partial charge in [0.25, 0.3) is 0 Å². The third-order valence-corrected chi connectivity index (χ3v) is 9.08. The minimum Gasteiger partial charge on any atom is -0.363 e. The smallest absolute Gasteiger partial charge is 0.144 e. The molecule has 6 aliphatic rings. The Balaban J connectivity index is 1.23. The molecule has 0 bridgehead atoms. The second-order valence-corrected chi connectivity index (χ2v) is 11.6.